The summed E-state index contributed by atoms with van der Waals surface area (Å²) in [7, 11) is 0. The molecule has 0 bridgehead atoms. The fourth-order valence-corrected chi connectivity index (χ4v) is 2.59. The van der Waals surface area contributed by atoms with Gasteiger partial charge in [0.1, 0.15) is 12.2 Å². The van der Waals surface area contributed by atoms with Gasteiger partial charge in [-0.05, 0) is 40.5 Å². The van der Waals surface area contributed by atoms with Gasteiger partial charge in [0.05, 0.1) is 12.7 Å². The summed E-state index contributed by atoms with van der Waals surface area (Å²) in [5, 5.41) is 10.2. The number of hydrogen-bond donors (Lipinski definition) is 1. The molecule has 0 aliphatic carbocycles. The van der Waals surface area contributed by atoms with E-state index < -0.39 is 24.3 Å². The second-order valence-electron chi connectivity index (χ2n) is 5.82. The SMILES string of the molecule is CCOC(=O)/C(C)=C/CC[C@H]1O[C@@H]2OC(C)(C)O[C@@H]2[C@H]1O. The first-order valence-electron chi connectivity index (χ1n) is 7.37. The van der Waals surface area contributed by atoms with Crippen molar-refractivity contribution in [1.82, 2.24) is 0 Å². The number of hydrogen-bond acceptors (Lipinski definition) is 6. The van der Waals surface area contributed by atoms with Crippen molar-refractivity contribution in [2.45, 2.75) is 70.9 Å². The summed E-state index contributed by atoms with van der Waals surface area (Å²) in [6, 6.07) is 0. The minimum atomic E-state index is -0.721. The molecule has 2 rings (SSSR count). The van der Waals surface area contributed by atoms with E-state index in [1.54, 1.807) is 33.8 Å². The van der Waals surface area contributed by atoms with Gasteiger partial charge in [-0.3, -0.25) is 0 Å². The Morgan fingerprint density at radius 3 is 2.71 bits per heavy atom. The maximum Gasteiger partial charge on any atom is 0.333 e. The number of aliphatic hydroxyl groups is 1. The molecule has 21 heavy (non-hydrogen) atoms. The Kier molecular flexibility index (Phi) is 5.03. The van der Waals surface area contributed by atoms with E-state index in [9.17, 15) is 9.90 Å². The number of esters is 1. The zero-order valence-corrected chi connectivity index (χ0v) is 13.0. The van der Waals surface area contributed by atoms with Crippen LogP contribution in [0.3, 0.4) is 0 Å². The van der Waals surface area contributed by atoms with Crippen molar-refractivity contribution in [3.05, 3.63) is 11.6 Å². The van der Waals surface area contributed by atoms with Crippen LogP contribution in [0.5, 0.6) is 0 Å². The minimum absolute atomic E-state index is 0.310. The van der Waals surface area contributed by atoms with Crippen molar-refractivity contribution in [3.63, 3.8) is 0 Å². The fraction of sp³-hybridized carbons (Fsp3) is 0.800. The lowest BCUT2D eigenvalue weighted by atomic mass is 10.1. The maximum atomic E-state index is 11.5. The first kappa shape index (κ1) is 16.4. The van der Waals surface area contributed by atoms with Crippen LogP contribution in [0.15, 0.2) is 11.6 Å². The van der Waals surface area contributed by atoms with E-state index in [1.807, 2.05) is 0 Å². The lowest BCUT2D eigenvalue weighted by molar-refractivity contribution is -0.215. The topological polar surface area (TPSA) is 74.2 Å². The molecule has 2 aliphatic heterocycles. The lowest BCUT2D eigenvalue weighted by Crippen LogP contribution is -2.34. The van der Waals surface area contributed by atoms with Gasteiger partial charge in [-0.15, -0.1) is 0 Å². The number of carbonyl (C=O) groups is 1. The van der Waals surface area contributed by atoms with Gasteiger partial charge in [-0.25, -0.2) is 4.79 Å². The summed E-state index contributed by atoms with van der Waals surface area (Å²) in [5.41, 5.74) is 0.568. The first-order chi connectivity index (χ1) is 9.84. The van der Waals surface area contributed by atoms with E-state index in [4.69, 9.17) is 18.9 Å². The number of fused-ring (bicyclic) bond motifs is 1. The van der Waals surface area contributed by atoms with Gasteiger partial charge in [0.15, 0.2) is 12.1 Å². The van der Waals surface area contributed by atoms with E-state index in [1.165, 1.54) is 0 Å². The summed E-state index contributed by atoms with van der Waals surface area (Å²) in [5.74, 6) is -1.03. The summed E-state index contributed by atoms with van der Waals surface area (Å²) < 4.78 is 21.8. The lowest BCUT2D eigenvalue weighted by Gasteiger charge is -2.22. The largest absolute Gasteiger partial charge is 0.463 e. The molecule has 2 aliphatic rings. The van der Waals surface area contributed by atoms with Crippen LogP contribution in [-0.2, 0) is 23.7 Å². The van der Waals surface area contributed by atoms with Gasteiger partial charge >= 0.3 is 5.97 Å². The normalized spacial score (nSPS) is 34.8. The molecule has 0 aromatic heterocycles. The van der Waals surface area contributed by atoms with Crippen molar-refractivity contribution in [2.75, 3.05) is 6.61 Å². The highest BCUT2D eigenvalue weighted by atomic mass is 16.8. The van der Waals surface area contributed by atoms with Gasteiger partial charge in [-0.2, -0.15) is 0 Å². The smallest absolute Gasteiger partial charge is 0.333 e. The molecule has 6 heteroatoms. The number of ether oxygens (including phenoxy) is 4. The third-order valence-electron chi connectivity index (χ3n) is 3.61. The van der Waals surface area contributed by atoms with Crippen molar-refractivity contribution in [3.8, 4) is 0 Å². The second-order valence-corrected chi connectivity index (χ2v) is 5.82. The van der Waals surface area contributed by atoms with E-state index in [2.05, 4.69) is 0 Å². The Hall–Kier alpha value is -0.950. The fourth-order valence-electron chi connectivity index (χ4n) is 2.59. The Labute approximate surface area is 125 Å². The van der Waals surface area contributed by atoms with Crippen LogP contribution in [0.25, 0.3) is 0 Å². The Morgan fingerprint density at radius 1 is 1.38 bits per heavy atom. The number of rotatable bonds is 5. The molecular formula is C15H24O6. The van der Waals surface area contributed by atoms with Crippen molar-refractivity contribution in [2.24, 2.45) is 0 Å². The van der Waals surface area contributed by atoms with Crippen LogP contribution in [0, 0.1) is 0 Å². The van der Waals surface area contributed by atoms with Gasteiger partial charge in [0, 0.05) is 5.57 Å². The predicted octanol–water partition coefficient (Wildman–Crippen LogP) is 1.51. The monoisotopic (exact) mass is 300 g/mol. The highest BCUT2D eigenvalue weighted by Crippen LogP contribution is 2.38. The third kappa shape index (κ3) is 3.83. The molecule has 0 aromatic carbocycles. The number of carbonyl (C=O) groups excluding carboxylic acids is 1. The van der Waals surface area contributed by atoms with E-state index >= 15 is 0 Å². The Bertz CT molecular complexity index is 416. The zero-order chi connectivity index (χ0) is 15.6. The third-order valence-corrected chi connectivity index (χ3v) is 3.61. The summed E-state index contributed by atoms with van der Waals surface area (Å²) >= 11 is 0. The summed E-state index contributed by atoms with van der Waals surface area (Å²) in [6.45, 7) is 7.44. The number of allylic oxidation sites excluding steroid dienone is 1. The van der Waals surface area contributed by atoms with E-state index in [0.717, 1.165) is 0 Å². The quantitative estimate of drug-likeness (QED) is 0.613. The van der Waals surface area contributed by atoms with Crippen molar-refractivity contribution < 1.29 is 28.8 Å². The molecule has 0 spiro atoms. The van der Waals surface area contributed by atoms with Gasteiger partial charge in [0.2, 0.25) is 0 Å². The summed E-state index contributed by atoms with van der Waals surface area (Å²) in [6.07, 6.45) is 0.992. The van der Waals surface area contributed by atoms with E-state index in [0.29, 0.717) is 25.0 Å². The van der Waals surface area contributed by atoms with Crippen molar-refractivity contribution in [1.29, 1.82) is 0 Å². The molecule has 6 nitrogen and oxygen atoms in total. The highest BCUT2D eigenvalue weighted by molar-refractivity contribution is 5.87. The van der Waals surface area contributed by atoms with Crippen molar-refractivity contribution >= 4 is 5.97 Å². The van der Waals surface area contributed by atoms with Gasteiger partial charge in [0.25, 0.3) is 0 Å². The average Bonchev–Trinajstić information content (AvgIpc) is 2.84. The Morgan fingerprint density at radius 2 is 2.10 bits per heavy atom. The predicted molar refractivity (Wildman–Crippen MR) is 74.3 cm³/mol. The minimum Gasteiger partial charge on any atom is -0.463 e. The molecule has 2 heterocycles. The molecule has 0 saturated carbocycles. The van der Waals surface area contributed by atoms with Crippen LogP contribution in [-0.4, -0.2) is 48.1 Å². The average molecular weight is 300 g/mol. The van der Waals surface area contributed by atoms with Crippen LogP contribution >= 0.6 is 0 Å². The molecule has 0 aromatic rings. The Balaban J connectivity index is 1.81. The molecule has 2 fully saturated rings. The molecule has 2 saturated heterocycles. The standard InChI is InChI=1S/C15H24O6/c1-5-18-13(17)9(2)7-6-8-10-11(16)12-14(19-10)21-15(3,4)20-12/h7,10-12,14,16H,5-6,8H2,1-4H3/b9-7+/t10-,11+,12-,14-/m1/s1. The van der Waals surface area contributed by atoms with Crippen LogP contribution in [0.2, 0.25) is 0 Å². The molecular weight excluding hydrogens is 276 g/mol. The number of aliphatic hydroxyl groups excluding tert-OH is 1. The molecule has 0 radical (unpaired) electrons. The van der Waals surface area contributed by atoms with Crippen LogP contribution in [0.1, 0.15) is 40.5 Å². The van der Waals surface area contributed by atoms with Gasteiger partial charge in [-0.1, -0.05) is 6.08 Å². The molecule has 1 N–H and O–H groups in total. The maximum absolute atomic E-state index is 11.5. The first-order valence-corrected chi connectivity index (χ1v) is 7.37. The van der Waals surface area contributed by atoms with Gasteiger partial charge < -0.3 is 24.1 Å². The zero-order valence-electron chi connectivity index (χ0n) is 13.0. The summed E-state index contributed by atoms with van der Waals surface area (Å²) in [4.78, 5) is 11.5. The second kappa shape index (κ2) is 6.44. The van der Waals surface area contributed by atoms with E-state index in [-0.39, 0.29) is 12.1 Å². The molecule has 0 amide bonds. The molecule has 4 atom stereocenters. The highest BCUT2D eigenvalue weighted by Gasteiger charge is 2.53. The molecule has 0 unspecified atom stereocenters. The van der Waals surface area contributed by atoms with Crippen LogP contribution in [0.4, 0.5) is 0 Å². The van der Waals surface area contributed by atoms with Crippen LogP contribution < -0.4 is 0 Å². The molecule has 120 valence electrons.